The Morgan fingerprint density at radius 1 is 0.919 bits per heavy atom. The highest BCUT2D eigenvalue weighted by Gasteiger charge is 2.39. The van der Waals surface area contributed by atoms with E-state index in [1.165, 1.54) is 12.1 Å². The first-order chi connectivity index (χ1) is 17.8. The van der Waals surface area contributed by atoms with Gasteiger partial charge in [0, 0.05) is 49.6 Å². The molecule has 5 rings (SSSR count). The maximum Gasteiger partial charge on any atom is 0.416 e. The summed E-state index contributed by atoms with van der Waals surface area (Å²) in [6, 6.07) is 22.3. The minimum Gasteiger partial charge on any atom is -0.490 e. The fourth-order valence-electron chi connectivity index (χ4n) is 4.95. The molecule has 1 fully saturated rings. The molecule has 0 spiro atoms. The standard InChI is InChI=1S/C29H29F3N2O3/c30-29(31,32)22-9-11-24(12-10-22)37-28(21-5-2-1-3-6-21)14-17-34(18-15-28)19-23(35)20-36-27-8-4-7-26-25(27)13-16-33-26/h1-13,16,23,33,35H,14-15,17-20H2/t23-/m0/s1. The van der Waals surface area contributed by atoms with Gasteiger partial charge in [0.2, 0.25) is 0 Å². The molecule has 37 heavy (non-hydrogen) atoms. The molecule has 0 saturated carbocycles. The molecule has 1 aromatic heterocycles. The number of H-pyrrole nitrogens is 1. The average molecular weight is 511 g/mol. The Morgan fingerprint density at radius 3 is 2.35 bits per heavy atom. The zero-order valence-electron chi connectivity index (χ0n) is 20.2. The van der Waals surface area contributed by atoms with Gasteiger partial charge in [-0.3, -0.25) is 0 Å². The third kappa shape index (κ3) is 5.76. The number of ether oxygens (including phenoxy) is 2. The van der Waals surface area contributed by atoms with Crippen LogP contribution in [0.3, 0.4) is 0 Å². The zero-order chi connectivity index (χ0) is 25.9. The molecule has 194 valence electrons. The summed E-state index contributed by atoms with van der Waals surface area (Å²) in [7, 11) is 0. The van der Waals surface area contributed by atoms with Gasteiger partial charge in [-0.05, 0) is 48.0 Å². The first-order valence-corrected chi connectivity index (χ1v) is 12.3. The third-order valence-electron chi connectivity index (χ3n) is 6.91. The van der Waals surface area contributed by atoms with Crippen LogP contribution in [0, 0.1) is 0 Å². The number of nitrogens with one attached hydrogen (secondary N) is 1. The molecular weight excluding hydrogens is 481 g/mol. The monoisotopic (exact) mass is 510 g/mol. The number of likely N-dealkylation sites (tertiary alicyclic amines) is 1. The maximum absolute atomic E-state index is 13.0. The summed E-state index contributed by atoms with van der Waals surface area (Å²) in [6.07, 6.45) is -1.94. The number of aliphatic hydroxyl groups is 1. The third-order valence-corrected chi connectivity index (χ3v) is 6.91. The van der Waals surface area contributed by atoms with Crippen molar-refractivity contribution < 1.29 is 27.8 Å². The second-order valence-electron chi connectivity index (χ2n) is 9.45. The van der Waals surface area contributed by atoms with E-state index >= 15 is 0 Å². The molecule has 0 amide bonds. The average Bonchev–Trinajstić information content (AvgIpc) is 3.39. The van der Waals surface area contributed by atoms with E-state index < -0.39 is 23.4 Å². The zero-order valence-corrected chi connectivity index (χ0v) is 20.2. The van der Waals surface area contributed by atoms with E-state index in [1.54, 1.807) is 0 Å². The van der Waals surface area contributed by atoms with Crippen LogP contribution >= 0.6 is 0 Å². The van der Waals surface area contributed by atoms with Crippen LogP contribution in [0.25, 0.3) is 10.9 Å². The first-order valence-electron chi connectivity index (χ1n) is 12.3. The van der Waals surface area contributed by atoms with Gasteiger partial charge in [-0.25, -0.2) is 0 Å². The van der Waals surface area contributed by atoms with E-state index in [9.17, 15) is 18.3 Å². The van der Waals surface area contributed by atoms with Crippen LogP contribution in [-0.2, 0) is 11.8 Å². The predicted octanol–water partition coefficient (Wildman–Crippen LogP) is 6.00. The highest BCUT2D eigenvalue weighted by atomic mass is 19.4. The van der Waals surface area contributed by atoms with Gasteiger partial charge in [-0.2, -0.15) is 13.2 Å². The van der Waals surface area contributed by atoms with Crippen molar-refractivity contribution in [1.29, 1.82) is 0 Å². The van der Waals surface area contributed by atoms with Gasteiger partial charge < -0.3 is 24.5 Å². The van der Waals surface area contributed by atoms with E-state index in [1.807, 2.05) is 60.8 Å². The largest absolute Gasteiger partial charge is 0.490 e. The van der Waals surface area contributed by atoms with Crippen molar-refractivity contribution in [3.63, 3.8) is 0 Å². The number of β-amino-alcohol motifs (C(OH)–C–C–N with tert-alkyl or cyclic N) is 1. The molecule has 5 nitrogen and oxygen atoms in total. The number of benzene rings is 3. The minimum absolute atomic E-state index is 0.173. The molecule has 4 aromatic rings. The Hall–Kier alpha value is -3.49. The summed E-state index contributed by atoms with van der Waals surface area (Å²) < 4.78 is 51.3. The van der Waals surface area contributed by atoms with Crippen molar-refractivity contribution in [3.05, 3.63) is 96.2 Å². The van der Waals surface area contributed by atoms with Crippen molar-refractivity contribution in [1.82, 2.24) is 9.88 Å². The number of aromatic nitrogens is 1. The summed E-state index contributed by atoms with van der Waals surface area (Å²) in [5.41, 5.74) is 0.599. The van der Waals surface area contributed by atoms with Gasteiger partial charge in [-0.1, -0.05) is 36.4 Å². The number of hydrogen-bond donors (Lipinski definition) is 2. The number of piperidine rings is 1. The van der Waals surface area contributed by atoms with Gasteiger partial charge in [0.25, 0.3) is 0 Å². The Kier molecular flexibility index (Phi) is 7.13. The molecule has 1 aliphatic heterocycles. The first kappa shape index (κ1) is 25.2. The topological polar surface area (TPSA) is 57.7 Å². The van der Waals surface area contributed by atoms with Gasteiger partial charge >= 0.3 is 6.18 Å². The van der Waals surface area contributed by atoms with Crippen molar-refractivity contribution in [2.45, 2.75) is 30.7 Å². The van der Waals surface area contributed by atoms with Crippen LogP contribution in [0.15, 0.2) is 85.1 Å². The lowest BCUT2D eigenvalue weighted by atomic mass is 9.84. The normalized spacial score (nSPS) is 17.0. The number of hydrogen-bond acceptors (Lipinski definition) is 4. The highest BCUT2D eigenvalue weighted by molar-refractivity contribution is 5.85. The quantitative estimate of drug-likeness (QED) is 0.306. The summed E-state index contributed by atoms with van der Waals surface area (Å²) >= 11 is 0. The van der Waals surface area contributed by atoms with Crippen LogP contribution < -0.4 is 9.47 Å². The summed E-state index contributed by atoms with van der Waals surface area (Å²) in [6.45, 7) is 1.96. The van der Waals surface area contributed by atoms with Crippen molar-refractivity contribution in [2.24, 2.45) is 0 Å². The lowest BCUT2D eigenvalue weighted by Gasteiger charge is -2.42. The number of alkyl halides is 3. The number of aromatic amines is 1. The Labute approximate surface area is 213 Å². The molecule has 2 heterocycles. The van der Waals surface area contributed by atoms with Crippen LogP contribution in [-0.4, -0.2) is 47.3 Å². The fraction of sp³-hybridized carbons (Fsp3) is 0.310. The molecule has 0 unspecified atom stereocenters. The van der Waals surface area contributed by atoms with Gasteiger partial charge in [0.1, 0.15) is 29.8 Å². The lowest BCUT2D eigenvalue weighted by molar-refractivity contribution is -0.137. The lowest BCUT2D eigenvalue weighted by Crippen LogP contribution is -2.48. The molecule has 0 aliphatic carbocycles. The molecule has 3 aromatic carbocycles. The minimum atomic E-state index is -4.39. The van der Waals surface area contributed by atoms with Crippen molar-refractivity contribution in [3.8, 4) is 11.5 Å². The number of nitrogens with zero attached hydrogens (tertiary/aromatic N) is 1. The van der Waals surface area contributed by atoms with Gasteiger partial charge in [0.15, 0.2) is 0 Å². The van der Waals surface area contributed by atoms with Crippen LogP contribution in [0.5, 0.6) is 11.5 Å². The molecule has 1 atom stereocenters. The second-order valence-corrected chi connectivity index (χ2v) is 9.45. The molecular formula is C29H29F3N2O3. The number of halogens is 3. The Bertz CT molecular complexity index is 1300. The molecule has 8 heteroatoms. The van der Waals surface area contributed by atoms with E-state index in [-0.39, 0.29) is 6.61 Å². The molecule has 1 saturated heterocycles. The van der Waals surface area contributed by atoms with Crippen LogP contribution in [0.2, 0.25) is 0 Å². The molecule has 0 radical (unpaired) electrons. The van der Waals surface area contributed by atoms with Crippen LogP contribution in [0.4, 0.5) is 13.2 Å². The SMILES string of the molecule is O[C@H](COc1cccc2[nH]ccc12)CN1CCC(Oc2ccc(C(F)(F)F)cc2)(c2ccccc2)CC1. The van der Waals surface area contributed by atoms with E-state index in [0.717, 1.165) is 34.3 Å². The van der Waals surface area contributed by atoms with E-state index in [2.05, 4.69) is 9.88 Å². The van der Waals surface area contributed by atoms with Crippen molar-refractivity contribution in [2.75, 3.05) is 26.2 Å². The van der Waals surface area contributed by atoms with Crippen LogP contribution in [0.1, 0.15) is 24.0 Å². The number of rotatable bonds is 8. The Morgan fingerprint density at radius 2 is 1.65 bits per heavy atom. The van der Waals surface area contributed by atoms with Gasteiger partial charge in [-0.15, -0.1) is 0 Å². The smallest absolute Gasteiger partial charge is 0.416 e. The summed E-state index contributed by atoms with van der Waals surface area (Å²) in [5.74, 6) is 1.13. The van der Waals surface area contributed by atoms with E-state index in [4.69, 9.17) is 9.47 Å². The molecule has 2 N–H and O–H groups in total. The van der Waals surface area contributed by atoms with E-state index in [0.29, 0.717) is 38.2 Å². The van der Waals surface area contributed by atoms with Gasteiger partial charge in [0.05, 0.1) is 5.56 Å². The predicted molar refractivity (Wildman–Crippen MR) is 136 cm³/mol. The van der Waals surface area contributed by atoms with Crippen molar-refractivity contribution >= 4 is 10.9 Å². The molecule has 1 aliphatic rings. The number of fused-ring (bicyclic) bond motifs is 1. The Balaban J connectivity index is 1.22. The number of aliphatic hydroxyl groups excluding tert-OH is 1. The maximum atomic E-state index is 13.0. The fourth-order valence-corrected chi connectivity index (χ4v) is 4.95. The summed E-state index contributed by atoms with van der Waals surface area (Å²) in [5, 5.41) is 11.6. The second kappa shape index (κ2) is 10.5. The highest BCUT2D eigenvalue weighted by Crippen LogP contribution is 2.39. The molecule has 0 bridgehead atoms. The summed E-state index contributed by atoms with van der Waals surface area (Å²) in [4.78, 5) is 5.32.